The summed E-state index contributed by atoms with van der Waals surface area (Å²) >= 11 is 0. The van der Waals surface area contributed by atoms with Gasteiger partial charge in [0, 0.05) is 12.6 Å². The number of Topliss-reactive ketones (excluding diaryl/α,β-unsaturated/α-hetero) is 1. The summed E-state index contributed by atoms with van der Waals surface area (Å²) in [5, 5.41) is 10.5. The highest BCUT2D eigenvalue weighted by Gasteiger charge is 2.16. The third-order valence-corrected chi connectivity index (χ3v) is 1.87. The second-order valence-electron chi connectivity index (χ2n) is 2.87. The maximum absolute atomic E-state index is 11.1. The second kappa shape index (κ2) is 3.97. The van der Waals surface area contributed by atoms with Crippen LogP contribution >= 0.6 is 0 Å². The molecule has 0 radical (unpaired) electrons. The van der Waals surface area contributed by atoms with Gasteiger partial charge in [-0.1, -0.05) is 6.07 Å². The Morgan fingerprint density at radius 3 is 2.64 bits per heavy atom. The van der Waals surface area contributed by atoms with E-state index in [0.29, 0.717) is 5.56 Å². The lowest BCUT2D eigenvalue weighted by Gasteiger charge is -2.01. The molecule has 0 atom stereocenters. The standard InChI is InChI=1S/C9H10N2O3/c1-6(12)8-4-7(5-10)2-3-9(8)11(13)14/h2-4H,5,10H2,1H3. The van der Waals surface area contributed by atoms with Crippen molar-refractivity contribution >= 4 is 11.5 Å². The van der Waals surface area contributed by atoms with Crippen LogP contribution in [-0.2, 0) is 6.54 Å². The lowest BCUT2D eigenvalue weighted by atomic mass is 10.1. The van der Waals surface area contributed by atoms with Crippen LogP contribution in [0.1, 0.15) is 22.8 Å². The first-order valence-corrected chi connectivity index (χ1v) is 4.04. The zero-order valence-corrected chi connectivity index (χ0v) is 7.69. The van der Waals surface area contributed by atoms with E-state index in [1.807, 2.05) is 0 Å². The fourth-order valence-corrected chi connectivity index (χ4v) is 1.15. The number of nitrogens with two attached hydrogens (primary N) is 1. The maximum atomic E-state index is 11.1. The lowest BCUT2D eigenvalue weighted by molar-refractivity contribution is -0.385. The quantitative estimate of drug-likeness (QED) is 0.445. The van der Waals surface area contributed by atoms with Crippen molar-refractivity contribution in [1.29, 1.82) is 0 Å². The number of nitrogens with zero attached hydrogens (tertiary/aromatic N) is 1. The third-order valence-electron chi connectivity index (χ3n) is 1.87. The van der Waals surface area contributed by atoms with Gasteiger partial charge in [0.05, 0.1) is 10.5 Å². The summed E-state index contributed by atoms with van der Waals surface area (Å²) in [5.41, 5.74) is 6.01. The van der Waals surface area contributed by atoms with Crippen molar-refractivity contribution in [3.8, 4) is 0 Å². The van der Waals surface area contributed by atoms with Gasteiger partial charge in [-0.3, -0.25) is 14.9 Å². The van der Waals surface area contributed by atoms with Crippen molar-refractivity contribution < 1.29 is 9.72 Å². The predicted molar refractivity (Wildman–Crippen MR) is 51.0 cm³/mol. The highest BCUT2D eigenvalue weighted by molar-refractivity contribution is 5.98. The molecule has 0 aliphatic rings. The SMILES string of the molecule is CC(=O)c1cc(CN)ccc1[N+](=O)[O-]. The highest BCUT2D eigenvalue weighted by atomic mass is 16.6. The molecule has 0 spiro atoms. The molecule has 0 amide bonds. The summed E-state index contributed by atoms with van der Waals surface area (Å²) in [6.07, 6.45) is 0. The molecule has 1 aromatic rings. The van der Waals surface area contributed by atoms with Gasteiger partial charge in [-0.05, 0) is 18.6 Å². The van der Waals surface area contributed by atoms with Crippen LogP contribution in [0.3, 0.4) is 0 Å². The highest BCUT2D eigenvalue weighted by Crippen LogP contribution is 2.20. The Kier molecular flexibility index (Phi) is 2.93. The number of nitro benzene ring substituents is 1. The molecule has 0 aliphatic carbocycles. The Morgan fingerprint density at radius 2 is 2.21 bits per heavy atom. The number of carbonyl (C=O) groups is 1. The normalized spacial score (nSPS) is 9.86. The van der Waals surface area contributed by atoms with Crippen molar-refractivity contribution in [2.24, 2.45) is 5.73 Å². The first-order chi connectivity index (χ1) is 6.56. The van der Waals surface area contributed by atoms with E-state index in [0.717, 1.165) is 0 Å². The molecular weight excluding hydrogens is 184 g/mol. The van der Waals surface area contributed by atoms with Crippen LogP contribution in [0.5, 0.6) is 0 Å². The molecule has 0 aliphatic heterocycles. The van der Waals surface area contributed by atoms with E-state index in [2.05, 4.69) is 0 Å². The number of ketones is 1. The number of benzene rings is 1. The predicted octanol–water partition coefficient (Wildman–Crippen LogP) is 1.26. The van der Waals surface area contributed by atoms with Crippen molar-refractivity contribution in [2.45, 2.75) is 13.5 Å². The average Bonchev–Trinajstić information content (AvgIpc) is 2.16. The van der Waals surface area contributed by atoms with Gasteiger partial charge in [-0.15, -0.1) is 0 Å². The van der Waals surface area contributed by atoms with Crippen LogP contribution in [-0.4, -0.2) is 10.7 Å². The topological polar surface area (TPSA) is 86.2 Å². The first-order valence-electron chi connectivity index (χ1n) is 4.04. The largest absolute Gasteiger partial charge is 0.326 e. The van der Waals surface area contributed by atoms with E-state index in [4.69, 9.17) is 5.73 Å². The van der Waals surface area contributed by atoms with E-state index in [-0.39, 0.29) is 23.6 Å². The van der Waals surface area contributed by atoms with Gasteiger partial charge < -0.3 is 5.73 Å². The summed E-state index contributed by atoms with van der Waals surface area (Å²) in [6, 6.07) is 4.31. The van der Waals surface area contributed by atoms with Gasteiger partial charge in [0.1, 0.15) is 0 Å². The Bertz CT molecular complexity index is 388. The zero-order chi connectivity index (χ0) is 10.7. The number of rotatable bonds is 3. The van der Waals surface area contributed by atoms with E-state index in [9.17, 15) is 14.9 Å². The van der Waals surface area contributed by atoms with Gasteiger partial charge >= 0.3 is 0 Å². The van der Waals surface area contributed by atoms with Gasteiger partial charge in [-0.25, -0.2) is 0 Å². The Labute approximate surface area is 80.7 Å². The Morgan fingerprint density at radius 1 is 1.57 bits per heavy atom. The van der Waals surface area contributed by atoms with E-state index < -0.39 is 4.92 Å². The fourth-order valence-electron chi connectivity index (χ4n) is 1.15. The second-order valence-corrected chi connectivity index (χ2v) is 2.87. The monoisotopic (exact) mass is 194 g/mol. The maximum Gasteiger partial charge on any atom is 0.280 e. The summed E-state index contributed by atoms with van der Waals surface area (Å²) in [7, 11) is 0. The molecule has 1 aromatic carbocycles. The van der Waals surface area contributed by atoms with Crippen molar-refractivity contribution in [3.05, 3.63) is 39.4 Å². The smallest absolute Gasteiger partial charge is 0.280 e. The lowest BCUT2D eigenvalue weighted by Crippen LogP contribution is -2.03. The zero-order valence-electron chi connectivity index (χ0n) is 7.69. The van der Waals surface area contributed by atoms with Crippen LogP contribution in [0.2, 0.25) is 0 Å². The molecule has 5 nitrogen and oxygen atoms in total. The van der Waals surface area contributed by atoms with Crippen molar-refractivity contribution in [1.82, 2.24) is 0 Å². The molecule has 0 aromatic heterocycles. The van der Waals surface area contributed by atoms with Crippen molar-refractivity contribution in [2.75, 3.05) is 0 Å². The summed E-state index contributed by atoms with van der Waals surface area (Å²) in [6.45, 7) is 1.56. The molecule has 74 valence electrons. The summed E-state index contributed by atoms with van der Waals surface area (Å²) < 4.78 is 0. The van der Waals surface area contributed by atoms with E-state index >= 15 is 0 Å². The molecule has 0 unspecified atom stereocenters. The molecule has 0 bridgehead atoms. The number of carbonyl (C=O) groups excluding carboxylic acids is 1. The Hall–Kier alpha value is -1.75. The molecule has 2 N–H and O–H groups in total. The number of nitro groups is 1. The molecule has 1 rings (SSSR count). The minimum atomic E-state index is -0.572. The van der Waals surface area contributed by atoms with E-state index in [1.54, 1.807) is 6.07 Å². The molecule has 0 fully saturated rings. The minimum absolute atomic E-state index is 0.109. The van der Waals surface area contributed by atoms with Gasteiger partial charge in [0.2, 0.25) is 0 Å². The fraction of sp³-hybridized carbons (Fsp3) is 0.222. The van der Waals surface area contributed by atoms with Gasteiger partial charge in [0.15, 0.2) is 5.78 Å². The molecule has 5 heteroatoms. The minimum Gasteiger partial charge on any atom is -0.326 e. The Balaban J connectivity index is 3.31. The van der Waals surface area contributed by atoms with Crippen LogP contribution < -0.4 is 5.73 Å². The summed E-state index contributed by atoms with van der Waals surface area (Å²) in [5.74, 6) is -0.327. The molecule has 0 heterocycles. The average molecular weight is 194 g/mol. The first kappa shape index (κ1) is 10.3. The summed E-state index contributed by atoms with van der Waals surface area (Å²) in [4.78, 5) is 21.1. The van der Waals surface area contributed by atoms with Gasteiger partial charge in [-0.2, -0.15) is 0 Å². The van der Waals surface area contributed by atoms with Crippen LogP contribution in [0.15, 0.2) is 18.2 Å². The number of hydrogen-bond acceptors (Lipinski definition) is 4. The molecule has 0 saturated carbocycles. The number of hydrogen-bond donors (Lipinski definition) is 1. The van der Waals surface area contributed by atoms with Gasteiger partial charge in [0.25, 0.3) is 5.69 Å². The van der Waals surface area contributed by atoms with Crippen LogP contribution in [0.25, 0.3) is 0 Å². The molecule has 14 heavy (non-hydrogen) atoms. The van der Waals surface area contributed by atoms with Crippen molar-refractivity contribution in [3.63, 3.8) is 0 Å². The van der Waals surface area contributed by atoms with Crippen LogP contribution in [0.4, 0.5) is 5.69 Å². The molecular formula is C9H10N2O3. The van der Waals surface area contributed by atoms with Crippen LogP contribution in [0, 0.1) is 10.1 Å². The third kappa shape index (κ3) is 1.94. The van der Waals surface area contributed by atoms with E-state index in [1.165, 1.54) is 19.1 Å². The molecule has 0 saturated heterocycles.